The van der Waals surface area contributed by atoms with E-state index >= 15 is 0 Å². The second-order valence-electron chi connectivity index (χ2n) is 16.1. The standard InChI is InChI=1S/C44H82O12S/c1-3-5-7-9-11-13-15-16-17-18-19-20-21-22-23-25-26-28-30-32-39(45)53-34-37(55-40(46)33-31-29-27-24-14-12-10-8-6-4-2)35-54-44-43(49)42(48)41(47)38(56-44)36-57(50,51)52/h8,10,37-38,41-44,47-49H,3-7,9,11-36H2,1-2H3,(H,50,51,52)/b10-8-. The van der Waals surface area contributed by atoms with E-state index in [9.17, 15) is 37.9 Å². The van der Waals surface area contributed by atoms with Crippen LogP contribution in [0.25, 0.3) is 0 Å². The van der Waals surface area contributed by atoms with E-state index in [0.717, 1.165) is 64.2 Å². The minimum atomic E-state index is -4.60. The van der Waals surface area contributed by atoms with Gasteiger partial charge in [0.25, 0.3) is 10.1 Å². The highest BCUT2D eigenvalue weighted by Crippen LogP contribution is 2.24. The molecule has 336 valence electrons. The first kappa shape index (κ1) is 53.4. The second-order valence-corrected chi connectivity index (χ2v) is 17.6. The number of unbranched alkanes of at least 4 members (excludes halogenated alkanes) is 24. The molecule has 0 radical (unpaired) electrons. The topological polar surface area (TPSA) is 186 Å². The van der Waals surface area contributed by atoms with Crippen molar-refractivity contribution in [2.24, 2.45) is 0 Å². The van der Waals surface area contributed by atoms with Gasteiger partial charge in [-0.25, -0.2) is 0 Å². The van der Waals surface area contributed by atoms with E-state index in [-0.39, 0.29) is 19.4 Å². The van der Waals surface area contributed by atoms with Crippen LogP contribution in [0.15, 0.2) is 12.2 Å². The van der Waals surface area contributed by atoms with E-state index in [2.05, 4.69) is 26.0 Å². The highest BCUT2D eigenvalue weighted by Gasteiger charge is 2.46. The Morgan fingerprint density at radius 3 is 1.53 bits per heavy atom. The molecule has 6 unspecified atom stereocenters. The van der Waals surface area contributed by atoms with Gasteiger partial charge < -0.3 is 34.3 Å². The molecule has 1 rings (SSSR count). The number of carbonyl (C=O) groups excluding carboxylic acids is 2. The van der Waals surface area contributed by atoms with Crippen LogP contribution >= 0.6 is 0 Å². The van der Waals surface area contributed by atoms with Gasteiger partial charge in [0.1, 0.15) is 36.8 Å². The molecule has 13 heteroatoms. The van der Waals surface area contributed by atoms with E-state index in [1.54, 1.807) is 0 Å². The summed E-state index contributed by atoms with van der Waals surface area (Å²) in [4.78, 5) is 25.3. The summed E-state index contributed by atoms with van der Waals surface area (Å²) in [6, 6.07) is 0. The molecular weight excluding hydrogens is 753 g/mol. The predicted molar refractivity (Wildman–Crippen MR) is 224 cm³/mol. The minimum absolute atomic E-state index is 0.157. The molecule has 4 N–H and O–H groups in total. The van der Waals surface area contributed by atoms with Crippen molar-refractivity contribution < 1.29 is 56.8 Å². The molecule has 1 fully saturated rings. The van der Waals surface area contributed by atoms with Crippen molar-refractivity contribution >= 4 is 22.1 Å². The summed E-state index contributed by atoms with van der Waals surface area (Å²) < 4.78 is 54.0. The summed E-state index contributed by atoms with van der Waals surface area (Å²) in [5.74, 6) is -1.98. The fourth-order valence-electron chi connectivity index (χ4n) is 7.03. The minimum Gasteiger partial charge on any atom is -0.462 e. The van der Waals surface area contributed by atoms with E-state index in [0.29, 0.717) is 12.8 Å². The van der Waals surface area contributed by atoms with Gasteiger partial charge in [-0.1, -0.05) is 167 Å². The van der Waals surface area contributed by atoms with Crippen LogP contribution in [0.5, 0.6) is 0 Å². The molecule has 1 aliphatic rings. The van der Waals surface area contributed by atoms with Gasteiger partial charge in [0, 0.05) is 12.8 Å². The van der Waals surface area contributed by atoms with E-state index in [1.807, 2.05) is 0 Å². The Labute approximate surface area is 346 Å². The van der Waals surface area contributed by atoms with Crippen LogP contribution < -0.4 is 0 Å². The molecule has 0 aromatic rings. The Morgan fingerprint density at radius 1 is 0.579 bits per heavy atom. The predicted octanol–water partition coefficient (Wildman–Crippen LogP) is 9.06. The number of aliphatic hydroxyl groups excluding tert-OH is 3. The van der Waals surface area contributed by atoms with E-state index in [4.69, 9.17) is 18.9 Å². The summed E-state index contributed by atoms with van der Waals surface area (Å²) >= 11 is 0. The van der Waals surface area contributed by atoms with Crippen molar-refractivity contribution in [1.82, 2.24) is 0 Å². The maximum atomic E-state index is 12.7. The van der Waals surface area contributed by atoms with Gasteiger partial charge in [-0.05, 0) is 32.1 Å². The normalized spacial score (nSPS) is 20.6. The van der Waals surface area contributed by atoms with Crippen molar-refractivity contribution in [3.8, 4) is 0 Å². The third-order valence-corrected chi connectivity index (χ3v) is 11.3. The van der Waals surface area contributed by atoms with Gasteiger partial charge in [-0.3, -0.25) is 14.1 Å². The Balaban J connectivity index is 2.37. The van der Waals surface area contributed by atoms with Crippen LogP contribution in [0.3, 0.4) is 0 Å². The molecule has 0 bridgehead atoms. The first-order chi connectivity index (χ1) is 27.5. The quantitative estimate of drug-likeness (QED) is 0.0200. The van der Waals surface area contributed by atoms with Crippen molar-refractivity contribution in [2.75, 3.05) is 19.0 Å². The number of aliphatic hydroxyl groups is 3. The smallest absolute Gasteiger partial charge is 0.306 e. The average Bonchev–Trinajstić information content (AvgIpc) is 3.17. The van der Waals surface area contributed by atoms with Crippen molar-refractivity contribution in [3.05, 3.63) is 12.2 Å². The van der Waals surface area contributed by atoms with Crippen LogP contribution in [0.2, 0.25) is 0 Å². The van der Waals surface area contributed by atoms with Gasteiger partial charge >= 0.3 is 11.9 Å². The zero-order valence-electron chi connectivity index (χ0n) is 35.7. The number of ether oxygens (including phenoxy) is 4. The number of carbonyl (C=O) groups is 2. The first-order valence-electron chi connectivity index (χ1n) is 22.7. The van der Waals surface area contributed by atoms with Crippen LogP contribution in [0.4, 0.5) is 0 Å². The highest BCUT2D eigenvalue weighted by atomic mass is 32.2. The maximum Gasteiger partial charge on any atom is 0.306 e. The molecule has 0 aromatic carbocycles. The molecule has 1 saturated heterocycles. The number of hydrogen-bond donors (Lipinski definition) is 4. The van der Waals surface area contributed by atoms with Crippen LogP contribution in [0, 0.1) is 0 Å². The highest BCUT2D eigenvalue weighted by molar-refractivity contribution is 7.85. The van der Waals surface area contributed by atoms with Gasteiger partial charge in [0.15, 0.2) is 12.4 Å². The zero-order chi connectivity index (χ0) is 42.0. The molecule has 1 aliphatic heterocycles. The first-order valence-corrected chi connectivity index (χ1v) is 24.4. The summed E-state index contributed by atoms with van der Waals surface area (Å²) in [6.07, 6.45) is 27.0. The molecule has 12 nitrogen and oxygen atoms in total. The molecule has 6 atom stereocenters. The summed E-state index contributed by atoms with van der Waals surface area (Å²) in [7, 11) is -4.60. The molecule has 1 heterocycles. The number of hydrogen-bond acceptors (Lipinski definition) is 11. The summed E-state index contributed by atoms with van der Waals surface area (Å²) in [5.41, 5.74) is 0. The lowest BCUT2D eigenvalue weighted by Crippen LogP contribution is -2.60. The number of rotatable bonds is 38. The Bertz CT molecular complexity index is 1120. The monoisotopic (exact) mass is 835 g/mol. The van der Waals surface area contributed by atoms with Gasteiger partial charge in [0.2, 0.25) is 0 Å². The molecule has 0 aliphatic carbocycles. The van der Waals surface area contributed by atoms with Crippen LogP contribution in [-0.4, -0.2) is 96.0 Å². The average molecular weight is 835 g/mol. The maximum absolute atomic E-state index is 12.7. The lowest BCUT2D eigenvalue weighted by atomic mass is 10.00. The number of esters is 2. The Hall–Kier alpha value is -1.61. The van der Waals surface area contributed by atoms with Crippen LogP contribution in [0.1, 0.15) is 200 Å². The summed E-state index contributed by atoms with van der Waals surface area (Å²) in [6.45, 7) is 3.70. The Kier molecular flexibility index (Phi) is 33.0. The third-order valence-electron chi connectivity index (χ3n) is 10.6. The van der Waals surface area contributed by atoms with Gasteiger partial charge in [-0.15, -0.1) is 0 Å². The molecule has 0 spiro atoms. The third kappa shape index (κ3) is 30.1. The largest absolute Gasteiger partial charge is 0.462 e. The Morgan fingerprint density at radius 2 is 1.04 bits per heavy atom. The lowest BCUT2D eigenvalue weighted by Gasteiger charge is -2.40. The number of allylic oxidation sites excluding steroid dienone is 2. The van der Waals surface area contributed by atoms with E-state index < -0.39 is 71.2 Å². The molecular formula is C44H82O12S. The molecule has 0 amide bonds. The van der Waals surface area contributed by atoms with Crippen LogP contribution in [-0.2, 0) is 38.7 Å². The molecule has 0 aromatic heterocycles. The lowest BCUT2D eigenvalue weighted by molar-refractivity contribution is -0.297. The van der Waals surface area contributed by atoms with Gasteiger partial charge in [0.05, 0.1) is 6.61 Å². The van der Waals surface area contributed by atoms with Crippen molar-refractivity contribution in [3.63, 3.8) is 0 Å². The van der Waals surface area contributed by atoms with Crippen molar-refractivity contribution in [1.29, 1.82) is 0 Å². The molecule has 0 saturated carbocycles. The summed E-state index contributed by atoms with van der Waals surface area (Å²) in [5, 5.41) is 30.8. The van der Waals surface area contributed by atoms with Gasteiger partial charge in [-0.2, -0.15) is 8.42 Å². The molecule has 57 heavy (non-hydrogen) atoms. The van der Waals surface area contributed by atoms with Crippen molar-refractivity contribution in [2.45, 2.75) is 237 Å². The SMILES string of the molecule is CCC/C=C\CCCCCCCC(=O)OC(COC(=O)CCCCCCCCCCCCCCCCCCCCC)COC1OC(CS(=O)(=O)O)C(O)C(O)C1O. The fraction of sp³-hybridized carbons (Fsp3) is 0.909. The second kappa shape index (κ2) is 35.2. The zero-order valence-corrected chi connectivity index (χ0v) is 36.5. The van der Waals surface area contributed by atoms with E-state index in [1.165, 1.54) is 96.3 Å². The fourth-order valence-corrected chi connectivity index (χ4v) is 7.72.